The molecule has 9 nitrogen and oxygen atoms in total. The summed E-state index contributed by atoms with van der Waals surface area (Å²) < 4.78 is 34.0. The number of oxazole rings is 1. The minimum atomic E-state index is -3.78. The van der Waals surface area contributed by atoms with Crippen LogP contribution in [0.5, 0.6) is 0 Å². The summed E-state index contributed by atoms with van der Waals surface area (Å²) >= 11 is 5.90. The van der Waals surface area contributed by atoms with Crippen molar-refractivity contribution in [3.8, 4) is 0 Å². The molecule has 2 aromatic carbocycles. The maximum Gasteiger partial charge on any atom is 0.419 e. The minimum absolute atomic E-state index is 0.0107. The van der Waals surface area contributed by atoms with Gasteiger partial charge >= 0.3 is 5.76 Å². The molecule has 0 unspecified atom stereocenters. The van der Waals surface area contributed by atoms with Crippen molar-refractivity contribution in [2.24, 2.45) is 4.99 Å². The number of carbonyl (C=O) groups is 1. The summed E-state index contributed by atoms with van der Waals surface area (Å²) in [6, 6.07) is 10.8. The Balaban J connectivity index is 1.43. The van der Waals surface area contributed by atoms with Crippen molar-refractivity contribution in [3.05, 3.63) is 58.0 Å². The fraction of sp³-hybridized carbons (Fsp3) is 0.250. The number of fused-ring (bicyclic) bond motifs is 1. The van der Waals surface area contributed by atoms with E-state index in [1.165, 1.54) is 22.8 Å². The average molecular weight is 463 g/mol. The molecule has 1 aliphatic rings. The van der Waals surface area contributed by atoms with Gasteiger partial charge in [-0.15, -0.1) is 0 Å². The first-order valence-electron chi connectivity index (χ1n) is 9.57. The molecular weight excluding hydrogens is 444 g/mol. The second kappa shape index (κ2) is 8.56. The van der Waals surface area contributed by atoms with Crippen LogP contribution in [0.3, 0.4) is 0 Å². The van der Waals surface area contributed by atoms with E-state index in [0.717, 1.165) is 6.42 Å². The number of aliphatic imine (C=N–C) groups is 1. The number of carbonyl (C=O) groups excluding carboxylic acids is 1. The highest BCUT2D eigenvalue weighted by Crippen LogP contribution is 2.19. The second-order valence-electron chi connectivity index (χ2n) is 7.00. The number of sulfonamides is 1. The summed E-state index contributed by atoms with van der Waals surface area (Å²) in [6.07, 6.45) is 1.39. The van der Waals surface area contributed by atoms with Gasteiger partial charge in [0.05, 0.1) is 10.4 Å². The lowest BCUT2D eigenvalue weighted by molar-refractivity contribution is -0.116. The predicted molar refractivity (Wildman–Crippen MR) is 117 cm³/mol. The van der Waals surface area contributed by atoms with Gasteiger partial charge in [-0.1, -0.05) is 17.7 Å². The van der Waals surface area contributed by atoms with Crippen LogP contribution in [0.2, 0.25) is 5.02 Å². The standard InChI is InChI=1S/C20H19ClN4O5S/c21-13-6-7-16-17(11-13)30-20(27)25(16)10-8-19(26)23-14-3-1-4-15(12-14)31(28,29)24-18-5-2-9-22-18/h1,3-4,6-7,11-12H,2,5,8-10H2,(H,22,24)(H,23,26). The SMILES string of the molecule is O=C(CCn1c(=O)oc2cc(Cl)ccc21)Nc1cccc(S(=O)(=O)NC2=NCCC2)c1. The maximum atomic E-state index is 12.5. The lowest BCUT2D eigenvalue weighted by Gasteiger charge is -2.10. The van der Waals surface area contributed by atoms with Crippen molar-refractivity contribution in [1.29, 1.82) is 0 Å². The first kappa shape index (κ1) is 21.1. The lowest BCUT2D eigenvalue weighted by Crippen LogP contribution is -2.29. The van der Waals surface area contributed by atoms with Crippen molar-refractivity contribution in [3.63, 3.8) is 0 Å². The maximum absolute atomic E-state index is 12.5. The number of nitrogens with one attached hydrogen (secondary N) is 2. The molecule has 4 rings (SSSR count). The van der Waals surface area contributed by atoms with Crippen LogP contribution in [-0.2, 0) is 21.4 Å². The topological polar surface area (TPSA) is 123 Å². The van der Waals surface area contributed by atoms with E-state index in [-0.39, 0.29) is 23.8 Å². The number of benzene rings is 2. The number of anilines is 1. The summed E-state index contributed by atoms with van der Waals surface area (Å²) in [5, 5.41) is 3.10. The number of hydrogen-bond acceptors (Lipinski definition) is 6. The van der Waals surface area contributed by atoms with Crippen LogP contribution in [0.4, 0.5) is 5.69 Å². The number of nitrogens with zero attached hydrogens (tertiary/aromatic N) is 2. The Hall–Kier alpha value is -3.11. The van der Waals surface area contributed by atoms with E-state index in [4.69, 9.17) is 16.0 Å². The fourth-order valence-electron chi connectivity index (χ4n) is 3.27. The molecule has 0 saturated heterocycles. The largest absolute Gasteiger partial charge is 0.419 e. The summed E-state index contributed by atoms with van der Waals surface area (Å²) in [5.74, 6) is -0.523. The molecule has 2 heterocycles. The van der Waals surface area contributed by atoms with E-state index in [1.807, 2.05) is 0 Å². The highest BCUT2D eigenvalue weighted by atomic mass is 35.5. The van der Waals surface area contributed by atoms with E-state index in [0.29, 0.717) is 40.6 Å². The van der Waals surface area contributed by atoms with Gasteiger partial charge in [0, 0.05) is 42.7 Å². The number of hydrogen-bond donors (Lipinski definition) is 2. The quantitative estimate of drug-likeness (QED) is 0.583. The van der Waals surface area contributed by atoms with Crippen LogP contribution in [-0.4, -0.2) is 31.3 Å². The minimum Gasteiger partial charge on any atom is -0.408 e. The third-order valence-corrected chi connectivity index (χ3v) is 6.36. The molecule has 1 aromatic heterocycles. The van der Waals surface area contributed by atoms with Gasteiger partial charge in [-0.2, -0.15) is 0 Å². The molecule has 31 heavy (non-hydrogen) atoms. The van der Waals surface area contributed by atoms with Gasteiger partial charge in [0.2, 0.25) is 5.91 Å². The van der Waals surface area contributed by atoms with Gasteiger partial charge in [0.15, 0.2) is 5.58 Å². The zero-order chi connectivity index (χ0) is 22.0. The molecule has 1 amide bonds. The molecule has 0 atom stereocenters. The molecule has 0 spiro atoms. The molecule has 1 aliphatic heterocycles. The van der Waals surface area contributed by atoms with Gasteiger partial charge in [0.1, 0.15) is 5.84 Å². The Kier molecular flexibility index (Phi) is 5.84. The Morgan fingerprint density at radius 3 is 2.84 bits per heavy atom. The Morgan fingerprint density at radius 1 is 1.23 bits per heavy atom. The van der Waals surface area contributed by atoms with Crippen molar-refractivity contribution in [2.75, 3.05) is 11.9 Å². The summed E-state index contributed by atoms with van der Waals surface area (Å²) in [5.41, 5.74) is 1.21. The van der Waals surface area contributed by atoms with Gasteiger partial charge in [-0.05, 0) is 36.8 Å². The number of halogens is 1. The van der Waals surface area contributed by atoms with Crippen LogP contribution in [0.1, 0.15) is 19.3 Å². The number of rotatable bonds is 6. The second-order valence-corrected chi connectivity index (χ2v) is 9.11. The van der Waals surface area contributed by atoms with Gasteiger partial charge in [0.25, 0.3) is 10.0 Å². The lowest BCUT2D eigenvalue weighted by atomic mass is 10.3. The van der Waals surface area contributed by atoms with Crippen molar-refractivity contribution < 1.29 is 17.6 Å². The van der Waals surface area contributed by atoms with E-state index < -0.39 is 15.8 Å². The van der Waals surface area contributed by atoms with Crippen molar-refractivity contribution in [2.45, 2.75) is 30.7 Å². The molecule has 0 bridgehead atoms. The molecule has 0 aliphatic carbocycles. The highest BCUT2D eigenvalue weighted by molar-refractivity contribution is 7.90. The van der Waals surface area contributed by atoms with E-state index in [9.17, 15) is 18.0 Å². The van der Waals surface area contributed by atoms with Crippen LogP contribution >= 0.6 is 11.6 Å². The summed E-state index contributed by atoms with van der Waals surface area (Å²) in [7, 11) is -3.78. The first-order chi connectivity index (χ1) is 14.8. The molecule has 3 aromatic rings. The zero-order valence-corrected chi connectivity index (χ0v) is 17.9. The Labute approximate surface area is 182 Å². The number of amides is 1. The van der Waals surface area contributed by atoms with E-state index in [1.54, 1.807) is 24.3 Å². The molecule has 162 valence electrons. The molecular formula is C20H19ClN4O5S. The molecule has 0 radical (unpaired) electrons. The third-order valence-electron chi connectivity index (χ3n) is 4.75. The number of aromatic nitrogens is 1. The normalized spacial score (nSPS) is 13.9. The Bertz CT molecular complexity index is 1340. The number of aryl methyl sites for hydroxylation is 1. The average Bonchev–Trinajstić information content (AvgIpc) is 3.32. The zero-order valence-electron chi connectivity index (χ0n) is 16.3. The monoisotopic (exact) mass is 462 g/mol. The smallest absolute Gasteiger partial charge is 0.408 e. The van der Waals surface area contributed by atoms with Gasteiger partial charge < -0.3 is 9.73 Å². The molecule has 0 fully saturated rings. The summed E-state index contributed by atoms with van der Waals surface area (Å²) in [6.45, 7) is 0.703. The van der Waals surface area contributed by atoms with Crippen LogP contribution < -0.4 is 15.8 Å². The third kappa shape index (κ3) is 4.80. The first-order valence-corrected chi connectivity index (χ1v) is 11.4. The number of amidine groups is 1. The molecule has 0 saturated carbocycles. The van der Waals surface area contributed by atoms with Crippen LogP contribution in [0.15, 0.2) is 61.6 Å². The van der Waals surface area contributed by atoms with Crippen molar-refractivity contribution >= 4 is 50.2 Å². The van der Waals surface area contributed by atoms with Crippen molar-refractivity contribution in [1.82, 2.24) is 9.29 Å². The van der Waals surface area contributed by atoms with Crippen LogP contribution in [0.25, 0.3) is 11.1 Å². The fourth-order valence-corrected chi connectivity index (χ4v) is 4.56. The van der Waals surface area contributed by atoms with Gasteiger partial charge in [-0.3, -0.25) is 19.1 Å². The van der Waals surface area contributed by atoms with E-state index in [2.05, 4.69) is 15.0 Å². The summed E-state index contributed by atoms with van der Waals surface area (Å²) in [4.78, 5) is 28.6. The molecule has 11 heteroatoms. The Morgan fingerprint density at radius 2 is 2.06 bits per heavy atom. The van der Waals surface area contributed by atoms with Crippen LogP contribution in [0, 0.1) is 0 Å². The van der Waals surface area contributed by atoms with E-state index >= 15 is 0 Å². The van der Waals surface area contributed by atoms with Gasteiger partial charge in [-0.25, -0.2) is 13.2 Å². The highest BCUT2D eigenvalue weighted by Gasteiger charge is 2.19. The predicted octanol–water partition coefficient (Wildman–Crippen LogP) is 2.75. The molecule has 2 N–H and O–H groups in total.